The number of methoxy groups -OCH3 is 2. The van der Waals surface area contributed by atoms with E-state index in [2.05, 4.69) is 25.1 Å². The van der Waals surface area contributed by atoms with Crippen LogP contribution in [-0.4, -0.2) is 44.9 Å². The maximum absolute atomic E-state index is 12.2. The summed E-state index contributed by atoms with van der Waals surface area (Å²) in [5, 5.41) is 12.2. The van der Waals surface area contributed by atoms with Gasteiger partial charge in [-0.1, -0.05) is 36.4 Å². The first-order valence-electron chi connectivity index (χ1n) is 9.84. The summed E-state index contributed by atoms with van der Waals surface area (Å²) in [7, 11) is 7.45. The van der Waals surface area contributed by atoms with Crippen molar-refractivity contribution in [1.29, 1.82) is 0 Å². The van der Waals surface area contributed by atoms with Gasteiger partial charge in [0.15, 0.2) is 0 Å². The minimum absolute atomic E-state index is 0.0874. The van der Waals surface area contributed by atoms with Gasteiger partial charge in [-0.25, -0.2) is 0 Å². The van der Waals surface area contributed by atoms with Crippen LogP contribution < -0.4 is 9.47 Å². The molecule has 3 rings (SSSR count). The number of benzene rings is 2. The summed E-state index contributed by atoms with van der Waals surface area (Å²) in [6.45, 7) is 0.810. The van der Waals surface area contributed by atoms with E-state index in [-0.39, 0.29) is 5.92 Å². The Morgan fingerprint density at radius 3 is 2.61 bits per heavy atom. The average Bonchev–Trinajstić information content (AvgIpc) is 2.71. The van der Waals surface area contributed by atoms with E-state index in [1.807, 2.05) is 48.5 Å². The fourth-order valence-corrected chi connectivity index (χ4v) is 4.33. The van der Waals surface area contributed by atoms with Crippen molar-refractivity contribution in [3.05, 3.63) is 65.2 Å². The van der Waals surface area contributed by atoms with Crippen LogP contribution in [0.1, 0.15) is 30.4 Å². The van der Waals surface area contributed by atoms with Gasteiger partial charge in [0.25, 0.3) is 0 Å². The zero-order valence-corrected chi connectivity index (χ0v) is 17.3. The lowest BCUT2D eigenvalue weighted by Crippen LogP contribution is -2.44. The van der Waals surface area contributed by atoms with Gasteiger partial charge in [0.05, 0.1) is 14.2 Å². The molecule has 0 spiro atoms. The number of ether oxygens (including phenoxy) is 2. The summed E-state index contributed by atoms with van der Waals surface area (Å²) >= 11 is 0. The molecule has 2 unspecified atom stereocenters. The van der Waals surface area contributed by atoms with Gasteiger partial charge in [0.1, 0.15) is 17.1 Å². The number of nitrogens with zero attached hydrogens (tertiary/aromatic N) is 1. The summed E-state index contributed by atoms with van der Waals surface area (Å²) in [6, 6.07) is 15.8. The van der Waals surface area contributed by atoms with E-state index in [9.17, 15) is 5.11 Å². The van der Waals surface area contributed by atoms with Crippen molar-refractivity contribution in [1.82, 2.24) is 4.90 Å². The summed E-state index contributed by atoms with van der Waals surface area (Å²) in [5.41, 5.74) is 1.84. The fourth-order valence-electron chi connectivity index (χ4n) is 4.33. The number of hydrogen-bond acceptors (Lipinski definition) is 4. The Hall–Kier alpha value is -2.30. The molecule has 1 aliphatic rings. The third-order valence-electron chi connectivity index (χ3n) is 5.62. The van der Waals surface area contributed by atoms with Crippen LogP contribution in [0.2, 0.25) is 0 Å². The van der Waals surface area contributed by atoms with Crippen molar-refractivity contribution in [2.24, 2.45) is 5.92 Å². The molecule has 0 heterocycles. The van der Waals surface area contributed by atoms with Crippen LogP contribution in [0.3, 0.4) is 0 Å². The lowest BCUT2D eigenvalue weighted by Gasteiger charge is -2.44. The Kier molecular flexibility index (Phi) is 6.42. The second-order valence-corrected chi connectivity index (χ2v) is 7.76. The first-order chi connectivity index (χ1) is 13.5. The molecule has 0 aliphatic heterocycles. The van der Waals surface area contributed by atoms with Crippen LogP contribution in [-0.2, 0) is 5.60 Å². The van der Waals surface area contributed by atoms with Crippen LogP contribution in [0, 0.1) is 5.92 Å². The predicted molar refractivity (Wildman–Crippen MR) is 114 cm³/mol. The van der Waals surface area contributed by atoms with Crippen molar-refractivity contribution < 1.29 is 14.6 Å². The number of hydrogen-bond donors (Lipinski definition) is 1. The van der Waals surface area contributed by atoms with Crippen LogP contribution in [0.25, 0.3) is 6.08 Å². The normalized spacial score (nSPS) is 23.8. The third-order valence-corrected chi connectivity index (χ3v) is 5.62. The monoisotopic (exact) mass is 381 g/mol. The Labute approximate surface area is 168 Å². The molecule has 2 atom stereocenters. The van der Waals surface area contributed by atoms with Gasteiger partial charge in [-0.15, -0.1) is 0 Å². The van der Waals surface area contributed by atoms with Crippen LogP contribution in [0.4, 0.5) is 0 Å². The van der Waals surface area contributed by atoms with Gasteiger partial charge in [0.2, 0.25) is 0 Å². The highest BCUT2D eigenvalue weighted by Gasteiger charge is 2.45. The second-order valence-electron chi connectivity index (χ2n) is 7.76. The molecule has 0 radical (unpaired) electrons. The fraction of sp³-hybridized carbons (Fsp3) is 0.417. The highest BCUT2D eigenvalue weighted by Crippen LogP contribution is 2.49. The molecule has 28 heavy (non-hydrogen) atoms. The van der Waals surface area contributed by atoms with E-state index in [0.717, 1.165) is 54.0 Å². The Morgan fingerprint density at radius 2 is 1.89 bits per heavy atom. The SMILES string of the molecule is COc1cccc(C=C2CCCC(CN(C)C)C2(O)c2ccccc2OC)c1. The predicted octanol–water partition coefficient (Wildman–Crippen LogP) is 4.34. The topological polar surface area (TPSA) is 41.9 Å². The molecule has 1 aliphatic carbocycles. The van der Waals surface area contributed by atoms with E-state index in [1.54, 1.807) is 14.2 Å². The number of aliphatic hydroxyl groups is 1. The lowest BCUT2D eigenvalue weighted by molar-refractivity contribution is -0.0190. The molecule has 0 bridgehead atoms. The molecule has 4 heteroatoms. The van der Waals surface area contributed by atoms with Crippen LogP contribution in [0.15, 0.2) is 54.1 Å². The number of para-hydroxylation sites is 1. The molecule has 1 saturated carbocycles. The molecule has 0 aromatic heterocycles. The molecule has 2 aromatic rings. The highest BCUT2D eigenvalue weighted by atomic mass is 16.5. The van der Waals surface area contributed by atoms with Crippen molar-refractivity contribution in [3.63, 3.8) is 0 Å². The van der Waals surface area contributed by atoms with Gasteiger partial charge >= 0.3 is 0 Å². The zero-order valence-electron chi connectivity index (χ0n) is 17.3. The van der Waals surface area contributed by atoms with Gasteiger partial charge in [0, 0.05) is 18.0 Å². The average molecular weight is 382 g/mol. The van der Waals surface area contributed by atoms with Gasteiger partial charge in [-0.3, -0.25) is 0 Å². The molecule has 150 valence electrons. The van der Waals surface area contributed by atoms with Crippen molar-refractivity contribution in [2.75, 3.05) is 34.9 Å². The highest BCUT2D eigenvalue weighted by molar-refractivity contribution is 5.60. The molecular weight excluding hydrogens is 350 g/mol. The van der Waals surface area contributed by atoms with Gasteiger partial charge < -0.3 is 19.5 Å². The summed E-state index contributed by atoms with van der Waals surface area (Å²) in [5.74, 6) is 1.63. The standard InChI is InChI=1S/C24H31NO3/c1-25(2)17-20-11-8-10-19(15-18-9-7-12-21(16-18)27-3)24(20,26)22-13-5-6-14-23(22)28-4/h5-7,9,12-16,20,26H,8,10-11,17H2,1-4H3. The molecule has 0 amide bonds. The maximum atomic E-state index is 12.2. The number of rotatable bonds is 6. The van der Waals surface area contributed by atoms with E-state index in [1.165, 1.54) is 0 Å². The first kappa shape index (κ1) is 20.4. The van der Waals surface area contributed by atoms with E-state index in [4.69, 9.17) is 9.47 Å². The van der Waals surface area contributed by atoms with Gasteiger partial charge in [-0.2, -0.15) is 0 Å². The van der Waals surface area contributed by atoms with Crippen LogP contribution in [0.5, 0.6) is 11.5 Å². The van der Waals surface area contributed by atoms with E-state index >= 15 is 0 Å². The van der Waals surface area contributed by atoms with Crippen molar-refractivity contribution in [2.45, 2.75) is 24.9 Å². The second kappa shape index (κ2) is 8.80. The molecule has 2 aromatic carbocycles. The Morgan fingerprint density at radius 1 is 1.11 bits per heavy atom. The molecule has 1 N–H and O–H groups in total. The van der Waals surface area contributed by atoms with Gasteiger partial charge in [-0.05, 0) is 62.7 Å². The largest absolute Gasteiger partial charge is 0.497 e. The molecule has 4 nitrogen and oxygen atoms in total. The molecule has 1 fully saturated rings. The summed E-state index contributed by atoms with van der Waals surface area (Å²) in [4.78, 5) is 2.15. The Balaban J connectivity index is 2.14. The van der Waals surface area contributed by atoms with E-state index < -0.39 is 5.60 Å². The summed E-state index contributed by atoms with van der Waals surface area (Å²) in [6.07, 6.45) is 5.01. The molecular formula is C24H31NO3. The first-order valence-corrected chi connectivity index (χ1v) is 9.84. The van der Waals surface area contributed by atoms with E-state index in [0.29, 0.717) is 0 Å². The lowest BCUT2D eigenvalue weighted by atomic mass is 9.67. The van der Waals surface area contributed by atoms with Crippen molar-refractivity contribution in [3.8, 4) is 11.5 Å². The minimum Gasteiger partial charge on any atom is -0.497 e. The Bertz CT molecular complexity index is 830. The van der Waals surface area contributed by atoms with Crippen molar-refractivity contribution >= 4 is 6.08 Å². The zero-order chi connectivity index (χ0) is 20.1. The molecule has 0 saturated heterocycles. The minimum atomic E-state index is -1.07. The summed E-state index contributed by atoms with van der Waals surface area (Å²) < 4.78 is 11.0. The quantitative estimate of drug-likeness (QED) is 0.808. The maximum Gasteiger partial charge on any atom is 0.125 e. The smallest absolute Gasteiger partial charge is 0.125 e. The third kappa shape index (κ3) is 4.08. The van der Waals surface area contributed by atoms with Crippen LogP contribution >= 0.6 is 0 Å².